The Morgan fingerprint density at radius 1 is 0.373 bits per heavy atom. The van der Waals surface area contributed by atoms with Crippen LogP contribution in [0.2, 0.25) is 0 Å². The fourth-order valence-electron chi connectivity index (χ4n) is 16.0. The zero-order chi connectivity index (χ0) is 58.8. The highest BCUT2D eigenvalue weighted by atomic mass is 15.3. The van der Waals surface area contributed by atoms with E-state index in [9.17, 15) is 0 Å². The fourth-order valence-corrected chi connectivity index (χ4v) is 16.0. The second kappa shape index (κ2) is 18.6. The minimum absolute atomic E-state index is 0.00635. The second-order valence-electron chi connectivity index (χ2n) is 31.5. The molecule has 0 bridgehead atoms. The van der Waals surface area contributed by atoms with Crippen molar-refractivity contribution in [3.63, 3.8) is 0 Å². The molecule has 8 aromatic carbocycles. The maximum atomic E-state index is 2.86. The number of hydrogen-bond acceptors (Lipinski definition) is 3. The highest BCUT2D eigenvalue weighted by Gasteiger charge is 2.61. The van der Waals surface area contributed by atoms with Crippen LogP contribution in [-0.4, -0.2) is 12.3 Å². The first-order chi connectivity index (χ1) is 39.0. The molecule has 13 rings (SSSR count). The summed E-state index contributed by atoms with van der Waals surface area (Å²) in [5, 5.41) is 0. The van der Waals surface area contributed by atoms with E-state index in [0.717, 1.165) is 25.7 Å². The Kier molecular flexibility index (Phi) is 12.4. The number of benzene rings is 8. The van der Waals surface area contributed by atoms with Crippen molar-refractivity contribution < 1.29 is 0 Å². The summed E-state index contributed by atoms with van der Waals surface area (Å²) in [6, 6.07) is 66.0. The third-order valence-electron chi connectivity index (χ3n) is 21.0. The van der Waals surface area contributed by atoms with Crippen LogP contribution in [0.4, 0.5) is 45.5 Å². The third-order valence-corrected chi connectivity index (χ3v) is 21.0. The molecule has 5 aliphatic rings. The Morgan fingerprint density at radius 2 is 0.928 bits per heavy atom. The van der Waals surface area contributed by atoms with Gasteiger partial charge in [-0.3, -0.25) is 0 Å². The standard InChI is InChI=1S/C79H90BN3/c1-72(2,3)52-32-34-53(35-33-52)79-41-24-23-40-78(79,17)83(66-31-22-21-30-60(66)79)58-47-69-71-70(48-58)82(65-39-37-55(74(7,8)9)45-59(65)51-26-19-18-20-27-51)68-50-62-61(76(13,14)42-43-77(62,15)16)49-64(68)80(71)63-38-36-56(75(10,11)12)46-67(63)81(69)57-29-25-28-54(44-57)73(4,5)6/h18-22,25-39,44-50H,23-24,40-43H2,1-17H3. The topological polar surface area (TPSA) is 9.72 Å². The van der Waals surface area contributed by atoms with Gasteiger partial charge in [-0.05, 0) is 186 Å². The molecule has 0 amide bonds. The molecule has 1 saturated carbocycles. The molecule has 2 atom stereocenters. The van der Waals surface area contributed by atoms with Crippen LogP contribution >= 0.6 is 0 Å². The van der Waals surface area contributed by atoms with Gasteiger partial charge in [-0.2, -0.15) is 0 Å². The lowest BCUT2D eigenvalue weighted by atomic mass is 9.33. The van der Waals surface area contributed by atoms with Gasteiger partial charge in [0.25, 0.3) is 6.71 Å². The van der Waals surface area contributed by atoms with E-state index in [0.29, 0.717) is 0 Å². The molecule has 8 aromatic rings. The summed E-state index contributed by atoms with van der Waals surface area (Å²) < 4.78 is 0. The molecule has 0 radical (unpaired) electrons. The van der Waals surface area contributed by atoms with Crippen molar-refractivity contribution in [2.45, 2.75) is 200 Å². The Labute approximate surface area is 499 Å². The van der Waals surface area contributed by atoms with Crippen molar-refractivity contribution in [2.24, 2.45) is 0 Å². The SMILES string of the molecule is CC(C)(C)c1ccc(C23CCCCC2(C)N(c2cc4c5c(c2)N(c2ccc(C(C)(C)C)cc2-c2ccccc2)c2cc6c(cc2B5c2ccc(C(C)(C)C)cc2N4c2cccc(C(C)(C)C)c2)C(C)(C)CCC6(C)C)c2ccccc23)cc1. The summed E-state index contributed by atoms with van der Waals surface area (Å²) in [5.74, 6) is 0. The van der Waals surface area contributed by atoms with Crippen LogP contribution in [0.25, 0.3) is 11.1 Å². The van der Waals surface area contributed by atoms with Crippen molar-refractivity contribution in [1.29, 1.82) is 0 Å². The number of hydrogen-bond donors (Lipinski definition) is 0. The molecule has 3 nitrogen and oxygen atoms in total. The van der Waals surface area contributed by atoms with Gasteiger partial charge in [0.05, 0.1) is 11.2 Å². The smallest absolute Gasteiger partial charge is 0.252 e. The molecule has 4 heteroatoms. The quantitative estimate of drug-likeness (QED) is 0.159. The van der Waals surface area contributed by atoms with Crippen LogP contribution in [0.1, 0.15) is 201 Å². The van der Waals surface area contributed by atoms with E-state index in [-0.39, 0.29) is 50.2 Å². The summed E-state index contributed by atoms with van der Waals surface area (Å²) in [6.45, 7) is 40.9. The minimum Gasteiger partial charge on any atom is -0.334 e. The van der Waals surface area contributed by atoms with Crippen molar-refractivity contribution in [3.05, 3.63) is 208 Å². The summed E-state index contributed by atoms with van der Waals surface area (Å²) >= 11 is 0. The van der Waals surface area contributed by atoms with Crippen LogP contribution in [0.5, 0.6) is 0 Å². The van der Waals surface area contributed by atoms with Gasteiger partial charge in [-0.15, -0.1) is 0 Å². The molecule has 2 unspecified atom stereocenters. The monoisotopic (exact) mass is 1090 g/mol. The molecule has 0 aromatic heterocycles. The molecule has 0 saturated heterocycles. The molecule has 2 aliphatic carbocycles. The maximum Gasteiger partial charge on any atom is 0.252 e. The van der Waals surface area contributed by atoms with E-state index in [1.807, 2.05) is 0 Å². The summed E-state index contributed by atoms with van der Waals surface area (Å²) in [4.78, 5) is 8.34. The first-order valence-electron chi connectivity index (χ1n) is 31.5. The van der Waals surface area contributed by atoms with Crippen molar-refractivity contribution in [1.82, 2.24) is 0 Å². The molecule has 1 fully saturated rings. The zero-order valence-electron chi connectivity index (χ0n) is 53.3. The highest BCUT2D eigenvalue weighted by molar-refractivity contribution is 7.00. The number of fused-ring (bicyclic) bond motifs is 8. The van der Waals surface area contributed by atoms with Gasteiger partial charge in [0.2, 0.25) is 0 Å². The van der Waals surface area contributed by atoms with Crippen molar-refractivity contribution in [2.75, 3.05) is 14.7 Å². The summed E-state index contributed by atoms with van der Waals surface area (Å²) in [6.07, 6.45) is 6.83. The van der Waals surface area contributed by atoms with Gasteiger partial charge in [0.1, 0.15) is 0 Å². The van der Waals surface area contributed by atoms with E-state index in [2.05, 4.69) is 296 Å². The predicted molar refractivity (Wildman–Crippen MR) is 359 cm³/mol. The van der Waals surface area contributed by atoms with Crippen LogP contribution < -0.4 is 31.1 Å². The average Bonchev–Trinajstić information content (AvgIpc) is 1.71. The highest BCUT2D eigenvalue weighted by Crippen LogP contribution is 2.65. The number of anilines is 8. The summed E-state index contributed by atoms with van der Waals surface area (Å²) in [5.41, 5.74) is 27.3. The molecule has 0 spiro atoms. The molecular weight excluding hydrogens is 1000 g/mol. The Bertz CT molecular complexity index is 3890. The third kappa shape index (κ3) is 8.55. The minimum atomic E-state index is -0.295. The van der Waals surface area contributed by atoms with E-state index in [1.54, 1.807) is 0 Å². The Hall–Kier alpha value is -6.78. The van der Waals surface area contributed by atoms with E-state index < -0.39 is 0 Å². The van der Waals surface area contributed by atoms with Gasteiger partial charge in [-0.1, -0.05) is 233 Å². The van der Waals surface area contributed by atoms with E-state index in [4.69, 9.17) is 0 Å². The molecule has 0 N–H and O–H groups in total. The Balaban J connectivity index is 1.20. The van der Waals surface area contributed by atoms with Crippen LogP contribution in [-0.2, 0) is 37.9 Å². The molecule has 83 heavy (non-hydrogen) atoms. The van der Waals surface area contributed by atoms with Gasteiger partial charge < -0.3 is 14.7 Å². The van der Waals surface area contributed by atoms with Crippen LogP contribution in [0.15, 0.2) is 164 Å². The number of nitrogens with zero attached hydrogens (tertiary/aromatic N) is 3. The zero-order valence-corrected chi connectivity index (χ0v) is 53.3. The van der Waals surface area contributed by atoms with Crippen LogP contribution in [0, 0.1) is 0 Å². The first-order valence-corrected chi connectivity index (χ1v) is 31.5. The summed E-state index contributed by atoms with van der Waals surface area (Å²) in [7, 11) is 0. The molecular formula is C79H90BN3. The van der Waals surface area contributed by atoms with Crippen molar-refractivity contribution >= 4 is 68.6 Å². The molecule has 3 heterocycles. The normalized spacial score (nSPS) is 20.5. The largest absolute Gasteiger partial charge is 0.334 e. The number of para-hydroxylation sites is 1. The lowest BCUT2D eigenvalue weighted by molar-refractivity contribution is 0.215. The van der Waals surface area contributed by atoms with E-state index >= 15 is 0 Å². The average molecular weight is 1090 g/mol. The first kappa shape index (κ1) is 55.4. The fraction of sp³-hybridized carbons (Fsp3) is 0.392. The van der Waals surface area contributed by atoms with Gasteiger partial charge in [0, 0.05) is 50.8 Å². The van der Waals surface area contributed by atoms with Crippen molar-refractivity contribution in [3.8, 4) is 11.1 Å². The Morgan fingerprint density at radius 3 is 1.59 bits per heavy atom. The lowest BCUT2D eigenvalue weighted by Crippen LogP contribution is -2.62. The number of rotatable bonds is 5. The second-order valence-corrected chi connectivity index (χ2v) is 31.5. The predicted octanol–water partition coefficient (Wildman–Crippen LogP) is 19.7. The van der Waals surface area contributed by atoms with Gasteiger partial charge in [-0.25, -0.2) is 0 Å². The van der Waals surface area contributed by atoms with Crippen LogP contribution in [0.3, 0.4) is 0 Å². The van der Waals surface area contributed by atoms with E-state index in [1.165, 1.54) is 130 Å². The molecule has 424 valence electrons. The van der Waals surface area contributed by atoms with Gasteiger partial charge >= 0.3 is 0 Å². The maximum absolute atomic E-state index is 2.86. The lowest BCUT2D eigenvalue weighted by Gasteiger charge is -2.53. The van der Waals surface area contributed by atoms with Gasteiger partial charge in [0.15, 0.2) is 0 Å². The molecule has 3 aliphatic heterocycles.